The Labute approximate surface area is 98.0 Å². The Morgan fingerprint density at radius 2 is 2.00 bits per heavy atom. The van der Waals surface area contributed by atoms with Gasteiger partial charge in [-0.15, -0.1) is 0 Å². The molecule has 1 N–H and O–H groups in total. The van der Waals surface area contributed by atoms with E-state index in [4.69, 9.17) is 0 Å². The summed E-state index contributed by atoms with van der Waals surface area (Å²) >= 11 is 0. The van der Waals surface area contributed by atoms with Crippen LogP contribution >= 0.6 is 0 Å². The van der Waals surface area contributed by atoms with Crippen molar-refractivity contribution in [3.63, 3.8) is 0 Å². The number of benzene rings is 1. The van der Waals surface area contributed by atoms with Crippen LogP contribution in [0.3, 0.4) is 0 Å². The van der Waals surface area contributed by atoms with Crippen LogP contribution in [-0.4, -0.2) is 29.7 Å². The molecule has 0 aliphatic carbocycles. The van der Waals surface area contributed by atoms with Crippen molar-refractivity contribution in [1.29, 1.82) is 0 Å². The molecular formula is C12H14F2O3. The number of carbonyl (C=O) groups is 1. The fourth-order valence-electron chi connectivity index (χ4n) is 1.33. The van der Waals surface area contributed by atoms with Crippen molar-refractivity contribution in [2.75, 3.05) is 6.61 Å². The van der Waals surface area contributed by atoms with Gasteiger partial charge in [-0.1, -0.05) is 30.3 Å². The molecule has 1 aromatic rings. The van der Waals surface area contributed by atoms with Crippen LogP contribution in [0.25, 0.3) is 0 Å². The van der Waals surface area contributed by atoms with Crippen molar-refractivity contribution in [3.05, 3.63) is 35.9 Å². The Hall–Kier alpha value is -1.49. The summed E-state index contributed by atoms with van der Waals surface area (Å²) in [5.74, 6) is -5.57. The molecule has 1 aromatic carbocycles. The second-order valence-electron chi connectivity index (χ2n) is 3.55. The Kier molecular flexibility index (Phi) is 4.57. The molecule has 0 bridgehead atoms. The predicted octanol–water partition coefficient (Wildman–Crippen LogP) is 1.79. The van der Waals surface area contributed by atoms with Crippen LogP contribution in [0.4, 0.5) is 8.78 Å². The summed E-state index contributed by atoms with van der Waals surface area (Å²) in [5.41, 5.74) is 0.531. The van der Waals surface area contributed by atoms with Gasteiger partial charge in [0.05, 0.1) is 6.61 Å². The molecule has 5 heteroatoms. The second kappa shape index (κ2) is 5.72. The number of alkyl halides is 2. The number of carbonyl (C=O) groups excluding carboxylic acids is 1. The number of aliphatic hydroxyl groups excluding tert-OH is 1. The predicted molar refractivity (Wildman–Crippen MR) is 57.7 cm³/mol. The van der Waals surface area contributed by atoms with Gasteiger partial charge in [0.25, 0.3) is 0 Å². The van der Waals surface area contributed by atoms with E-state index in [-0.39, 0.29) is 13.0 Å². The molecule has 3 nitrogen and oxygen atoms in total. The Morgan fingerprint density at radius 3 is 2.53 bits per heavy atom. The van der Waals surface area contributed by atoms with Crippen LogP contribution in [0, 0.1) is 0 Å². The SMILES string of the molecule is CCOC(=O)C(F)(F)C(O)Cc1ccccc1. The average Bonchev–Trinajstić information content (AvgIpc) is 2.30. The molecule has 1 rings (SSSR count). The highest BCUT2D eigenvalue weighted by Gasteiger charge is 2.47. The first-order valence-electron chi connectivity index (χ1n) is 5.25. The van der Waals surface area contributed by atoms with Gasteiger partial charge in [-0.2, -0.15) is 8.78 Å². The molecule has 0 aliphatic heterocycles. The van der Waals surface area contributed by atoms with Gasteiger partial charge in [0, 0.05) is 6.42 Å². The zero-order valence-corrected chi connectivity index (χ0v) is 9.40. The van der Waals surface area contributed by atoms with Crippen LogP contribution in [0.2, 0.25) is 0 Å². The van der Waals surface area contributed by atoms with Crippen molar-refractivity contribution < 1.29 is 23.4 Å². The molecule has 0 heterocycles. The third kappa shape index (κ3) is 3.49. The molecule has 0 fully saturated rings. The monoisotopic (exact) mass is 244 g/mol. The van der Waals surface area contributed by atoms with Crippen molar-refractivity contribution in [2.45, 2.75) is 25.4 Å². The van der Waals surface area contributed by atoms with Crippen LogP contribution in [0.5, 0.6) is 0 Å². The number of aliphatic hydroxyl groups is 1. The molecular weight excluding hydrogens is 230 g/mol. The Balaban J connectivity index is 2.69. The zero-order chi connectivity index (χ0) is 12.9. The Bertz CT molecular complexity index is 365. The van der Waals surface area contributed by atoms with E-state index in [9.17, 15) is 18.7 Å². The van der Waals surface area contributed by atoms with E-state index in [2.05, 4.69) is 4.74 Å². The Morgan fingerprint density at radius 1 is 1.41 bits per heavy atom. The normalized spacial score (nSPS) is 13.2. The fourth-order valence-corrected chi connectivity index (χ4v) is 1.33. The largest absolute Gasteiger partial charge is 0.461 e. The lowest BCUT2D eigenvalue weighted by atomic mass is 10.0. The van der Waals surface area contributed by atoms with Crippen molar-refractivity contribution >= 4 is 5.97 Å². The second-order valence-corrected chi connectivity index (χ2v) is 3.55. The molecule has 17 heavy (non-hydrogen) atoms. The van der Waals surface area contributed by atoms with Gasteiger partial charge in [-0.05, 0) is 12.5 Å². The summed E-state index contributed by atoms with van der Waals surface area (Å²) in [4.78, 5) is 11.0. The highest BCUT2D eigenvalue weighted by molar-refractivity contribution is 5.78. The first-order chi connectivity index (χ1) is 7.98. The van der Waals surface area contributed by atoms with E-state index >= 15 is 0 Å². The van der Waals surface area contributed by atoms with Gasteiger partial charge >= 0.3 is 11.9 Å². The number of hydrogen-bond donors (Lipinski definition) is 1. The molecule has 1 unspecified atom stereocenters. The maximum atomic E-state index is 13.4. The van der Waals surface area contributed by atoms with E-state index in [1.807, 2.05) is 0 Å². The molecule has 0 saturated carbocycles. The summed E-state index contributed by atoms with van der Waals surface area (Å²) in [6.07, 6.45) is -2.38. The van der Waals surface area contributed by atoms with E-state index in [0.717, 1.165) is 0 Å². The van der Waals surface area contributed by atoms with Crippen molar-refractivity contribution in [2.24, 2.45) is 0 Å². The average molecular weight is 244 g/mol. The lowest BCUT2D eigenvalue weighted by Gasteiger charge is -2.20. The summed E-state index contributed by atoms with van der Waals surface area (Å²) in [7, 11) is 0. The molecule has 0 saturated heterocycles. The van der Waals surface area contributed by atoms with E-state index in [1.165, 1.54) is 6.92 Å². The summed E-state index contributed by atoms with van der Waals surface area (Å²) < 4.78 is 30.9. The van der Waals surface area contributed by atoms with Crippen LogP contribution in [-0.2, 0) is 16.0 Å². The molecule has 0 radical (unpaired) electrons. The van der Waals surface area contributed by atoms with Gasteiger partial charge in [0.2, 0.25) is 0 Å². The van der Waals surface area contributed by atoms with E-state index in [1.54, 1.807) is 30.3 Å². The fraction of sp³-hybridized carbons (Fsp3) is 0.417. The van der Waals surface area contributed by atoms with Gasteiger partial charge < -0.3 is 9.84 Å². The summed E-state index contributed by atoms with van der Waals surface area (Å²) in [6, 6.07) is 8.28. The maximum absolute atomic E-state index is 13.4. The molecule has 0 aromatic heterocycles. The van der Waals surface area contributed by atoms with Crippen molar-refractivity contribution in [3.8, 4) is 0 Å². The third-order valence-electron chi connectivity index (χ3n) is 2.24. The number of esters is 1. The van der Waals surface area contributed by atoms with Gasteiger partial charge in [0.1, 0.15) is 6.10 Å². The van der Waals surface area contributed by atoms with Crippen LogP contribution in [0.1, 0.15) is 12.5 Å². The number of halogens is 2. The lowest BCUT2D eigenvalue weighted by molar-refractivity contribution is -0.187. The van der Waals surface area contributed by atoms with Crippen LogP contribution in [0.15, 0.2) is 30.3 Å². The smallest absolute Gasteiger partial charge is 0.379 e. The summed E-state index contributed by atoms with van der Waals surface area (Å²) in [6.45, 7) is 1.28. The first kappa shape index (κ1) is 13.6. The molecule has 0 spiro atoms. The van der Waals surface area contributed by atoms with E-state index < -0.39 is 18.0 Å². The maximum Gasteiger partial charge on any atom is 0.379 e. The highest BCUT2D eigenvalue weighted by atomic mass is 19.3. The third-order valence-corrected chi connectivity index (χ3v) is 2.24. The zero-order valence-electron chi connectivity index (χ0n) is 9.40. The molecule has 0 aliphatic rings. The number of hydrogen-bond acceptors (Lipinski definition) is 3. The van der Waals surface area contributed by atoms with E-state index in [0.29, 0.717) is 5.56 Å². The standard InChI is InChI=1S/C12H14F2O3/c1-2-17-11(16)12(13,14)10(15)8-9-6-4-3-5-7-9/h3-7,10,15H,2,8H2,1H3. The van der Waals surface area contributed by atoms with Gasteiger partial charge in [0.15, 0.2) is 0 Å². The minimum absolute atomic E-state index is 0.146. The lowest BCUT2D eigenvalue weighted by Crippen LogP contribution is -2.43. The van der Waals surface area contributed by atoms with Gasteiger partial charge in [-0.3, -0.25) is 0 Å². The first-order valence-corrected chi connectivity index (χ1v) is 5.25. The quantitative estimate of drug-likeness (QED) is 0.803. The molecule has 0 amide bonds. The van der Waals surface area contributed by atoms with Gasteiger partial charge in [-0.25, -0.2) is 4.79 Å². The molecule has 94 valence electrons. The van der Waals surface area contributed by atoms with Crippen molar-refractivity contribution in [1.82, 2.24) is 0 Å². The topological polar surface area (TPSA) is 46.5 Å². The molecule has 1 atom stereocenters. The van der Waals surface area contributed by atoms with Crippen LogP contribution < -0.4 is 0 Å². The minimum atomic E-state index is -3.88. The minimum Gasteiger partial charge on any atom is -0.461 e. The number of rotatable bonds is 5. The number of ether oxygens (including phenoxy) is 1. The highest BCUT2D eigenvalue weighted by Crippen LogP contribution is 2.23. The summed E-state index contributed by atoms with van der Waals surface area (Å²) in [5, 5.41) is 9.38.